The molecule has 0 bridgehead atoms. The first kappa shape index (κ1) is 18.6. The smallest absolute Gasteiger partial charge is 0.271 e. The Morgan fingerprint density at radius 1 is 1.26 bits per heavy atom. The highest BCUT2D eigenvalue weighted by Gasteiger charge is 2.11. The first-order valence-corrected chi connectivity index (χ1v) is 8.87. The quantitative estimate of drug-likeness (QED) is 0.614. The van der Waals surface area contributed by atoms with E-state index in [1.807, 2.05) is 38.1 Å². The first-order chi connectivity index (χ1) is 13.1. The van der Waals surface area contributed by atoms with E-state index in [0.717, 1.165) is 11.4 Å². The van der Waals surface area contributed by atoms with Gasteiger partial charge in [0.1, 0.15) is 5.75 Å². The number of aryl methyl sites for hydroxylation is 1. The summed E-state index contributed by atoms with van der Waals surface area (Å²) in [6, 6.07) is 9.14. The summed E-state index contributed by atoms with van der Waals surface area (Å²) in [4.78, 5) is 16.6. The number of benzene rings is 1. The molecule has 27 heavy (non-hydrogen) atoms. The summed E-state index contributed by atoms with van der Waals surface area (Å²) in [5.41, 5.74) is 1.22. The van der Waals surface area contributed by atoms with Crippen LogP contribution in [0.1, 0.15) is 48.4 Å². The molecule has 2 aromatic heterocycles. The minimum atomic E-state index is -0.212. The van der Waals surface area contributed by atoms with Crippen LogP contribution in [0, 0.1) is 0 Å². The molecule has 0 spiro atoms. The van der Waals surface area contributed by atoms with Gasteiger partial charge in [0.15, 0.2) is 11.5 Å². The number of ether oxygens (including phenoxy) is 1. The van der Waals surface area contributed by atoms with Crippen LogP contribution in [0.3, 0.4) is 0 Å². The number of rotatable bonds is 8. The van der Waals surface area contributed by atoms with Gasteiger partial charge in [-0.25, -0.2) is 4.68 Å². The van der Waals surface area contributed by atoms with Gasteiger partial charge in [-0.05, 0) is 36.8 Å². The maximum absolute atomic E-state index is 12.2. The van der Waals surface area contributed by atoms with E-state index in [-0.39, 0.29) is 11.8 Å². The molecule has 1 N–H and O–H groups in total. The lowest BCUT2D eigenvalue weighted by Crippen LogP contribution is -2.25. The van der Waals surface area contributed by atoms with Crippen LogP contribution in [0.2, 0.25) is 0 Å². The van der Waals surface area contributed by atoms with E-state index >= 15 is 0 Å². The van der Waals surface area contributed by atoms with Crippen molar-refractivity contribution >= 4 is 5.91 Å². The van der Waals surface area contributed by atoms with Gasteiger partial charge in [0.25, 0.3) is 5.91 Å². The summed E-state index contributed by atoms with van der Waals surface area (Å²) in [6.07, 6.45) is 3.09. The van der Waals surface area contributed by atoms with Crippen molar-refractivity contribution in [1.29, 1.82) is 0 Å². The van der Waals surface area contributed by atoms with Crippen molar-refractivity contribution in [3.63, 3.8) is 0 Å². The van der Waals surface area contributed by atoms with Crippen molar-refractivity contribution in [3.05, 3.63) is 53.9 Å². The van der Waals surface area contributed by atoms with Crippen molar-refractivity contribution in [1.82, 2.24) is 25.2 Å². The molecule has 3 rings (SSSR count). The molecule has 0 saturated carbocycles. The van der Waals surface area contributed by atoms with Gasteiger partial charge in [-0.2, -0.15) is 10.1 Å². The van der Waals surface area contributed by atoms with Crippen LogP contribution in [0.15, 0.2) is 41.1 Å². The number of carbonyl (C=O) groups excluding carboxylic acids is 1. The van der Waals surface area contributed by atoms with Crippen molar-refractivity contribution in [2.45, 2.75) is 32.6 Å². The Labute approximate surface area is 157 Å². The van der Waals surface area contributed by atoms with E-state index < -0.39 is 0 Å². The largest absolute Gasteiger partial charge is 0.497 e. The van der Waals surface area contributed by atoms with Crippen molar-refractivity contribution < 1.29 is 14.1 Å². The third kappa shape index (κ3) is 4.72. The lowest BCUT2D eigenvalue weighted by Gasteiger charge is -2.04. The maximum atomic E-state index is 12.2. The minimum Gasteiger partial charge on any atom is -0.497 e. The number of nitrogens with one attached hydrogen (secondary N) is 1. The molecule has 0 atom stereocenters. The Morgan fingerprint density at radius 2 is 2.04 bits per heavy atom. The number of nitrogens with zero attached hydrogens (tertiary/aromatic N) is 4. The standard InChI is InChI=1S/C19H23N5O3/c1-13(2)18-21-17(27-23-18)5-4-11-20-19(25)16-10-12-24(22-16)14-6-8-15(26-3)9-7-14/h6-10,12-13H,4-5,11H2,1-3H3,(H,20,25). The van der Waals surface area contributed by atoms with Crippen molar-refractivity contribution in [2.75, 3.05) is 13.7 Å². The molecule has 0 unspecified atom stereocenters. The van der Waals surface area contributed by atoms with Crippen LogP contribution >= 0.6 is 0 Å². The molecule has 2 heterocycles. The van der Waals surface area contributed by atoms with Crippen molar-refractivity contribution in [2.24, 2.45) is 0 Å². The van der Waals surface area contributed by atoms with E-state index in [0.29, 0.717) is 36.8 Å². The fourth-order valence-corrected chi connectivity index (χ4v) is 2.46. The van der Waals surface area contributed by atoms with E-state index in [1.54, 1.807) is 24.1 Å². The number of hydrogen-bond donors (Lipinski definition) is 1. The third-order valence-corrected chi connectivity index (χ3v) is 4.01. The topological polar surface area (TPSA) is 95.1 Å². The molecule has 0 aliphatic carbocycles. The minimum absolute atomic E-state index is 0.212. The number of aromatic nitrogens is 4. The second-order valence-electron chi connectivity index (χ2n) is 6.40. The lowest BCUT2D eigenvalue weighted by atomic mass is 10.2. The van der Waals surface area contributed by atoms with Gasteiger partial charge in [-0.1, -0.05) is 19.0 Å². The van der Waals surface area contributed by atoms with E-state index in [1.165, 1.54) is 0 Å². The zero-order chi connectivity index (χ0) is 19.2. The number of carbonyl (C=O) groups is 1. The molecular weight excluding hydrogens is 346 g/mol. The van der Waals surface area contributed by atoms with Gasteiger partial charge in [0.05, 0.1) is 12.8 Å². The average molecular weight is 369 g/mol. The monoisotopic (exact) mass is 369 g/mol. The highest BCUT2D eigenvalue weighted by Crippen LogP contribution is 2.14. The summed E-state index contributed by atoms with van der Waals surface area (Å²) >= 11 is 0. The number of amides is 1. The third-order valence-electron chi connectivity index (χ3n) is 4.01. The van der Waals surface area contributed by atoms with Crippen LogP contribution in [0.4, 0.5) is 0 Å². The Hall–Kier alpha value is -3.16. The van der Waals surface area contributed by atoms with E-state index in [9.17, 15) is 4.79 Å². The highest BCUT2D eigenvalue weighted by atomic mass is 16.5. The first-order valence-electron chi connectivity index (χ1n) is 8.87. The maximum Gasteiger partial charge on any atom is 0.271 e. The molecule has 0 aliphatic heterocycles. The number of methoxy groups -OCH3 is 1. The molecule has 3 aromatic rings. The van der Waals surface area contributed by atoms with Gasteiger partial charge in [0, 0.05) is 25.1 Å². The Kier molecular flexibility index (Phi) is 5.85. The van der Waals surface area contributed by atoms with Crippen LogP contribution in [-0.2, 0) is 6.42 Å². The summed E-state index contributed by atoms with van der Waals surface area (Å²) < 4.78 is 12.0. The van der Waals surface area contributed by atoms with Crippen molar-refractivity contribution in [3.8, 4) is 11.4 Å². The highest BCUT2D eigenvalue weighted by molar-refractivity contribution is 5.92. The molecule has 8 nitrogen and oxygen atoms in total. The predicted octanol–water partition coefficient (Wildman–Crippen LogP) is 2.75. The van der Waals surface area contributed by atoms with E-state index in [4.69, 9.17) is 9.26 Å². The van der Waals surface area contributed by atoms with Crippen LogP contribution < -0.4 is 10.1 Å². The molecular formula is C19H23N5O3. The summed E-state index contributed by atoms with van der Waals surface area (Å²) in [7, 11) is 1.62. The SMILES string of the molecule is COc1ccc(-n2ccc(C(=O)NCCCc3nc(C(C)C)no3)n2)cc1. The fraction of sp³-hybridized carbons (Fsp3) is 0.368. The van der Waals surface area contributed by atoms with Crippen LogP contribution in [0.25, 0.3) is 5.69 Å². The second-order valence-corrected chi connectivity index (χ2v) is 6.40. The Balaban J connectivity index is 1.48. The predicted molar refractivity (Wildman–Crippen MR) is 99.2 cm³/mol. The molecule has 1 amide bonds. The van der Waals surface area contributed by atoms with Gasteiger partial charge >= 0.3 is 0 Å². The zero-order valence-electron chi connectivity index (χ0n) is 15.7. The lowest BCUT2D eigenvalue weighted by molar-refractivity contribution is 0.0947. The Morgan fingerprint density at radius 3 is 2.70 bits per heavy atom. The zero-order valence-corrected chi connectivity index (χ0v) is 15.7. The normalized spacial score (nSPS) is 11.0. The van der Waals surface area contributed by atoms with Gasteiger partial charge < -0.3 is 14.6 Å². The second kappa shape index (κ2) is 8.48. The molecule has 0 fully saturated rings. The summed E-state index contributed by atoms with van der Waals surface area (Å²) in [5, 5.41) is 11.1. The average Bonchev–Trinajstić information content (AvgIpc) is 3.35. The van der Waals surface area contributed by atoms with Gasteiger partial charge in [0.2, 0.25) is 5.89 Å². The fourth-order valence-electron chi connectivity index (χ4n) is 2.46. The summed E-state index contributed by atoms with van der Waals surface area (Å²) in [5.74, 6) is 2.10. The summed E-state index contributed by atoms with van der Waals surface area (Å²) in [6.45, 7) is 4.54. The Bertz CT molecular complexity index is 883. The van der Waals surface area contributed by atoms with E-state index in [2.05, 4.69) is 20.6 Å². The molecule has 8 heteroatoms. The van der Waals surface area contributed by atoms with Gasteiger partial charge in [-0.3, -0.25) is 4.79 Å². The molecule has 0 aliphatic rings. The van der Waals surface area contributed by atoms with Crippen LogP contribution in [-0.4, -0.2) is 39.5 Å². The molecule has 0 radical (unpaired) electrons. The molecule has 142 valence electrons. The number of hydrogen-bond acceptors (Lipinski definition) is 6. The van der Waals surface area contributed by atoms with Gasteiger partial charge in [-0.15, -0.1) is 0 Å². The van der Waals surface area contributed by atoms with Crippen LogP contribution in [0.5, 0.6) is 5.75 Å². The molecule has 1 aromatic carbocycles. The molecule has 0 saturated heterocycles.